The van der Waals surface area contributed by atoms with Crippen LogP contribution in [0.25, 0.3) is 21.3 Å². The topological polar surface area (TPSA) is 60.8 Å². The summed E-state index contributed by atoms with van der Waals surface area (Å²) in [5.74, 6) is 1.15. The zero-order valence-electron chi connectivity index (χ0n) is 13.5. The summed E-state index contributed by atoms with van der Waals surface area (Å²) in [7, 11) is 0. The van der Waals surface area contributed by atoms with E-state index in [0.29, 0.717) is 16.7 Å². The van der Waals surface area contributed by atoms with Gasteiger partial charge in [0.05, 0.1) is 16.0 Å². The molecule has 0 unspecified atom stereocenters. The maximum Gasteiger partial charge on any atom is 0.238 e. The molecule has 0 amide bonds. The van der Waals surface area contributed by atoms with Gasteiger partial charge in [0.25, 0.3) is 0 Å². The molecule has 0 N–H and O–H groups in total. The van der Waals surface area contributed by atoms with Crippen LogP contribution < -0.4 is 4.74 Å². The highest BCUT2D eigenvalue weighted by Gasteiger charge is 2.13. The molecule has 4 rings (SSSR count). The van der Waals surface area contributed by atoms with Gasteiger partial charge < -0.3 is 4.74 Å². The first-order valence-electron chi connectivity index (χ1n) is 7.57. The summed E-state index contributed by atoms with van der Waals surface area (Å²) in [6.45, 7) is 3.89. The van der Waals surface area contributed by atoms with Crippen LogP contribution in [0.4, 0.5) is 0 Å². The Morgan fingerprint density at radius 3 is 2.56 bits per heavy atom. The quantitative estimate of drug-likeness (QED) is 0.496. The van der Waals surface area contributed by atoms with Crippen molar-refractivity contribution in [2.45, 2.75) is 13.8 Å². The Morgan fingerprint density at radius 1 is 1.00 bits per heavy atom. The third-order valence-corrected chi connectivity index (χ3v) is 5.01. The van der Waals surface area contributed by atoms with Crippen LogP contribution in [0.2, 0.25) is 5.02 Å². The predicted molar refractivity (Wildman–Crippen MR) is 99.4 cm³/mol. The number of benzene rings is 1. The fourth-order valence-electron chi connectivity index (χ4n) is 2.70. The molecule has 0 atom stereocenters. The molecule has 4 aromatic rings. The average molecular weight is 369 g/mol. The molecule has 0 aliphatic heterocycles. The van der Waals surface area contributed by atoms with E-state index < -0.39 is 0 Å². The number of rotatable bonds is 3. The van der Waals surface area contributed by atoms with Gasteiger partial charge in [-0.2, -0.15) is 0 Å². The highest BCUT2D eigenvalue weighted by Crippen LogP contribution is 2.36. The maximum absolute atomic E-state index is 6.51. The van der Waals surface area contributed by atoms with E-state index in [1.165, 1.54) is 11.3 Å². The average Bonchev–Trinajstić information content (AvgIpc) is 3.06. The molecule has 0 radical (unpaired) electrons. The van der Waals surface area contributed by atoms with E-state index in [9.17, 15) is 0 Å². The molecule has 1 aromatic carbocycles. The summed E-state index contributed by atoms with van der Waals surface area (Å²) in [5.41, 5.74) is 6.25. The summed E-state index contributed by atoms with van der Waals surface area (Å²) in [6, 6.07) is 7.43. The lowest BCUT2D eigenvalue weighted by Gasteiger charge is -2.12. The Labute approximate surface area is 153 Å². The molecule has 3 heterocycles. The van der Waals surface area contributed by atoms with Crippen LogP contribution >= 0.6 is 22.9 Å². The first kappa shape index (κ1) is 15.9. The predicted octanol–water partition coefficient (Wildman–Crippen LogP) is 5.21. The van der Waals surface area contributed by atoms with Gasteiger partial charge in [0.1, 0.15) is 16.8 Å². The second-order valence-corrected chi connectivity index (χ2v) is 6.74. The number of thiazole rings is 1. The minimum Gasteiger partial charge on any atom is -0.437 e. The highest BCUT2D eigenvalue weighted by molar-refractivity contribution is 7.17. The van der Waals surface area contributed by atoms with Gasteiger partial charge in [-0.15, -0.1) is 11.3 Å². The van der Waals surface area contributed by atoms with E-state index >= 15 is 0 Å². The van der Waals surface area contributed by atoms with Crippen molar-refractivity contribution in [2.75, 3.05) is 0 Å². The molecule has 3 aromatic heterocycles. The molecule has 0 aliphatic carbocycles. The maximum atomic E-state index is 6.51. The van der Waals surface area contributed by atoms with Crippen LogP contribution in [0.1, 0.15) is 11.4 Å². The molecule has 0 spiro atoms. The number of fused-ring (bicyclic) bond motifs is 1. The molecule has 5 nitrogen and oxygen atoms in total. The number of hydrogen-bond acceptors (Lipinski definition) is 6. The van der Waals surface area contributed by atoms with Crippen molar-refractivity contribution in [3.05, 3.63) is 58.7 Å². The van der Waals surface area contributed by atoms with Gasteiger partial charge in [0.2, 0.25) is 5.88 Å². The Balaban J connectivity index is 1.72. The Morgan fingerprint density at radius 2 is 1.80 bits per heavy atom. The number of hydrogen-bond donors (Lipinski definition) is 0. The minimum atomic E-state index is 0.527. The van der Waals surface area contributed by atoms with Crippen molar-refractivity contribution in [2.24, 2.45) is 0 Å². The van der Waals surface area contributed by atoms with Crippen LogP contribution in [0, 0.1) is 13.8 Å². The molecule has 0 aliphatic rings. The number of aryl methyl sites for hydroxylation is 2. The van der Waals surface area contributed by atoms with Crippen LogP contribution in [-0.4, -0.2) is 19.9 Å². The number of aromatic nitrogens is 4. The molecule has 0 fully saturated rings. The van der Waals surface area contributed by atoms with E-state index in [0.717, 1.165) is 32.7 Å². The van der Waals surface area contributed by atoms with Crippen LogP contribution in [0.3, 0.4) is 0 Å². The van der Waals surface area contributed by atoms with Gasteiger partial charge in [-0.3, -0.25) is 0 Å². The van der Waals surface area contributed by atoms with E-state index in [-0.39, 0.29) is 0 Å². The second-order valence-electron chi connectivity index (χ2n) is 5.48. The lowest BCUT2D eigenvalue weighted by molar-refractivity contribution is 0.470. The first-order valence-corrected chi connectivity index (χ1v) is 8.83. The zero-order chi connectivity index (χ0) is 17.4. The standard InChI is InChI=1S/C18H13ClN4OS/c1-10-16(11(2)22-8-21-10)13-4-3-12(7-14(13)19)24-18-17-15(5-6-20-18)23-9-25-17/h3-9H,1-2H3. The zero-order valence-corrected chi connectivity index (χ0v) is 15.1. The van der Waals surface area contributed by atoms with Gasteiger partial charge in [0, 0.05) is 34.8 Å². The summed E-state index contributed by atoms with van der Waals surface area (Å²) in [4.78, 5) is 17.1. The van der Waals surface area contributed by atoms with Gasteiger partial charge in [0.15, 0.2) is 0 Å². The lowest BCUT2D eigenvalue weighted by atomic mass is 10.0. The number of ether oxygens (including phenoxy) is 1. The monoisotopic (exact) mass is 368 g/mol. The molecule has 124 valence electrons. The Hall–Kier alpha value is -2.57. The van der Waals surface area contributed by atoms with Crippen molar-refractivity contribution >= 4 is 33.2 Å². The highest BCUT2D eigenvalue weighted by atomic mass is 35.5. The summed E-state index contributed by atoms with van der Waals surface area (Å²) < 4.78 is 6.83. The van der Waals surface area contributed by atoms with Crippen LogP contribution in [0.15, 0.2) is 42.3 Å². The second kappa shape index (κ2) is 6.38. The normalized spacial score (nSPS) is 11.0. The minimum absolute atomic E-state index is 0.527. The molecular formula is C18H13ClN4OS. The fraction of sp³-hybridized carbons (Fsp3) is 0.111. The van der Waals surface area contributed by atoms with Gasteiger partial charge >= 0.3 is 0 Å². The molecule has 25 heavy (non-hydrogen) atoms. The van der Waals surface area contributed by atoms with Gasteiger partial charge in [-0.1, -0.05) is 11.6 Å². The molecule has 7 heteroatoms. The van der Waals surface area contributed by atoms with E-state index in [1.54, 1.807) is 24.1 Å². The summed E-state index contributed by atoms with van der Waals surface area (Å²) in [6.07, 6.45) is 3.24. The fourth-order valence-corrected chi connectivity index (χ4v) is 3.67. The third-order valence-electron chi connectivity index (χ3n) is 3.86. The molecule has 0 bridgehead atoms. The Kier molecular flexibility index (Phi) is 4.07. The summed E-state index contributed by atoms with van der Waals surface area (Å²) in [5, 5.41) is 0.579. The van der Waals surface area contributed by atoms with Crippen molar-refractivity contribution < 1.29 is 4.74 Å². The Bertz CT molecular complexity index is 1060. The van der Waals surface area contributed by atoms with E-state index in [2.05, 4.69) is 19.9 Å². The van der Waals surface area contributed by atoms with Crippen molar-refractivity contribution in [3.8, 4) is 22.8 Å². The van der Waals surface area contributed by atoms with Gasteiger partial charge in [-0.05, 0) is 32.0 Å². The third kappa shape index (κ3) is 2.94. The first-order chi connectivity index (χ1) is 12.1. The van der Waals surface area contributed by atoms with Gasteiger partial charge in [-0.25, -0.2) is 19.9 Å². The summed E-state index contributed by atoms with van der Waals surface area (Å²) >= 11 is 8.00. The van der Waals surface area contributed by atoms with E-state index in [1.807, 2.05) is 32.0 Å². The molecular weight excluding hydrogens is 356 g/mol. The smallest absolute Gasteiger partial charge is 0.238 e. The number of pyridine rings is 1. The SMILES string of the molecule is Cc1ncnc(C)c1-c1ccc(Oc2nccc3ncsc23)cc1Cl. The van der Waals surface area contributed by atoms with Crippen molar-refractivity contribution in [3.63, 3.8) is 0 Å². The van der Waals surface area contributed by atoms with Crippen LogP contribution in [-0.2, 0) is 0 Å². The molecule has 0 saturated heterocycles. The number of nitrogens with zero attached hydrogens (tertiary/aromatic N) is 4. The van der Waals surface area contributed by atoms with Crippen LogP contribution in [0.5, 0.6) is 11.6 Å². The molecule has 0 saturated carbocycles. The largest absolute Gasteiger partial charge is 0.437 e. The van der Waals surface area contributed by atoms with E-state index in [4.69, 9.17) is 16.3 Å². The van der Waals surface area contributed by atoms with Crippen molar-refractivity contribution in [1.82, 2.24) is 19.9 Å². The van der Waals surface area contributed by atoms with Crippen molar-refractivity contribution in [1.29, 1.82) is 0 Å². The lowest BCUT2D eigenvalue weighted by Crippen LogP contribution is -1.95. The number of halogens is 1.